The van der Waals surface area contributed by atoms with Crippen LogP contribution in [0.25, 0.3) is 6.08 Å². The number of carbonyl (C=O) groups is 1. The molecule has 1 fully saturated rings. The van der Waals surface area contributed by atoms with E-state index in [1.165, 1.54) is 18.9 Å². The minimum absolute atomic E-state index is 0.0131. The molecule has 0 atom stereocenters. The Bertz CT molecular complexity index is 1180. The maximum atomic E-state index is 13.3. The maximum absolute atomic E-state index is 13.3. The number of amidine groups is 1. The molecule has 1 amide bonds. The first kappa shape index (κ1) is 22.2. The zero-order valence-electron chi connectivity index (χ0n) is 17.4. The van der Waals surface area contributed by atoms with Gasteiger partial charge in [0.25, 0.3) is 5.91 Å². The number of benzene rings is 3. The van der Waals surface area contributed by atoms with E-state index < -0.39 is 0 Å². The maximum Gasteiger partial charge on any atom is 0.267 e. The summed E-state index contributed by atoms with van der Waals surface area (Å²) >= 11 is 4.73. The first-order valence-electron chi connectivity index (χ1n) is 9.95. The SMILES string of the molecule is COc1cc(Br)cc(C=C2SC(=NCc3ccccc3)N(Cc3ccccc3)C2=O)c1O. The highest BCUT2D eigenvalue weighted by Crippen LogP contribution is 2.39. The number of hydrogen-bond acceptors (Lipinski definition) is 5. The van der Waals surface area contributed by atoms with Gasteiger partial charge in [-0.3, -0.25) is 14.7 Å². The van der Waals surface area contributed by atoms with E-state index in [-0.39, 0.29) is 11.7 Å². The van der Waals surface area contributed by atoms with Crippen molar-refractivity contribution in [3.05, 3.63) is 98.9 Å². The topological polar surface area (TPSA) is 62.1 Å². The van der Waals surface area contributed by atoms with Crippen LogP contribution in [0.3, 0.4) is 0 Å². The summed E-state index contributed by atoms with van der Waals surface area (Å²) in [6, 6.07) is 23.2. The van der Waals surface area contributed by atoms with Gasteiger partial charge in [0.1, 0.15) is 0 Å². The first-order chi connectivity index (χ1) is 15.5. The molecule has 162 valence electrons. The number of carbonyl (C=O) groups excluding carboxylic acids is 1. The van der Waals surface area contributed by atoms with E-state index in [2.05, 4.69) is 15.9 Å². The Labute approximate surface area is 199 Å². The highest BCUT2D eigenvalue weighted by atomic mass is 79.9. The average molecular weight is 509 g/mol. The Morgan fingerprint density at radius 3 is 2.38 bits per heavy atom. The van der Waals surface area contributed by atoms with Crippen molar-refractivity contribution < 1.29 is 14.6 Å². The largest absolute Gasteiger partial charge is 0.504 e. The number of phenolic OH excluding ortho intramolecular Hbond substituents is 1. The Balaban J connectivity index is 1.68. The fourth-order valence-electron chi connectivity index (χ4n) is 3.27. The molecule has 1 saturated heterocycles. The number of nitrogens with zero attached hydrogens (tertiary/aromatic N) is 2. The normalized spacial score (nSPS) is 16.2. The number of aliphatic imine (C=N–C) groups is 1. The van der Waals surface area contributed by atoms with Gasteiger partial charge in [0.05, 0.1) is 25.1 Å². The van der Waals surface area contributed by atoms with Crippen LogP contribution in [0.4, 0.5) is 0 Å². The number of aromatic hydroxyl groups is 1. The molecular weight excluding hydrogens is 488 g/mol. The Hall–Kier alpha value is -3.03. The van der Waals surface area contributed by atoms with Gasteiger partial charge < -0.3 is 9.84 Å². The van der Waals surface area contributed by atoms with Gasteiger partial charge in [0, 0.05) is 10.0 Å². The summed E-state index contributed by atoms with van der Waals surface area (Å²) in [6.45, 7) is 0.899. The monoisotopic (exact) mass is 508 g/mol. The van der Waals surface area contributed by atoms with Crippen molar-refractivity contribution in [2.24, 2.45) is 4.99 Å². The Kier molecular flexibility index (Phi) is 6.97. The zero-order valence-corrected chi connectivity index (χ0v) is 19.8. The van der Waals surface area contributed by atoms with E-state index in [1.54, 1.807) is 23.1 Å². The second-order valence-corrected chi connectivity index (χ2v) is 9.04. The van der Waals surface area contributed by atoms with Crippen molar-refractivity contribution in [1.29, 1.82) is 0 Å². The van der Waals surface area contributed by atoms with Crippen LogP contribution in [0.1, 0.15) is 16.7 Å². The summed E-state index contributed by atoms with van der Waals surface area (Å²) in [6.07, 6.45) is 1.68. The molecule has 1 aliphatic rings. The third-order valence-corrected chi connectivity index (χ3v) is 6.39. The fourth-order valence-corrected chi connectivity index (χ4v) is 4.70. The molecule has 1 N–H and O–H groups in total. The number of amides is 1. The molecule has 1 aliphatic heterocycles. The van der Waals surface area contributed by atoms with Crippen molar-refractivity contribution in [2.45, 2.75) is 13.1 Å². The van der Waals surface area contributed by atoms with Crippen molar-refractivity contribution in [3.8, 4) is 11.5 Å². The summed E-state index contributed by atoms with van der Waals surface area (Å²) in [5, 5.41) is 11.2. The van der Waals surface area contributed by atoms with Gasteiger partial charge in [-0.15, -0.1) is 0 Å². The summed E-state index contributed by atoms with van der Waals surface area (Å²) in [7, 11) is 1.49. The molecule has 5 nitrogen and oxygen atoms in total. The average Bonchev–Trinajstić information content (AvgIpc) is 3.10. The Morgan fingerprint density at radius 2 is 1.72 bits per heavy atom. The predicted molar refractivity (Wildman–Crippen MR) is 132 cm³/mol. The van der Waals surface area contributed by atoms with E-state index in [1.807, 2.05) is 60.7 Å². The predicted octanol–water partition coefficient (Wildman–Crippen LogP) is 5.84. The molecule has 0 bridgehead atoms. The van der Waals surface area contributed by atoms with Gasteiger partial charge in [0.15, 0.2) is 16.7 Å². The lowest BCUT2D eigenvalue weighted by Gasteiger charge is -2.15. The van der Waals surface area contributed by atoms with Gasteiger partial charge in [-0.25, -0.2) is 0 Å². The molecule has 0 aliphatic carbocycles. The number of ether oxygens (including phenoxy) is 1. The van der Waals surface area contributed by atoms with Crippen molar-refractivity contribution in [2.75, 3.05) is 7.11 Å². The minimum atomic E-state index is -0.149. The molecule has 0 spiro atoms. The van der Waals surface area contributed by atoms with Crippen LogP contribution in [0.15, 0.2) is 87.2 Å². The number of methoxy groups -OCH3 is 1. The number of halogens is 1. The van der Waals surface area contributed by atoms with E-state index in [4.69, 9.17) is 9.73 Å². The lowest BCUT2D eigenvalue weighted by Crippen LogP contribution is -2.28. The summed E-state index contributed by atoms with van der Waals surface area (Å²) < 4.78 is 5.98. The molecule has 0 saturated carbocycles. The van der Waals surface area contributed by atoms with Crippen LogP contribution < -0.4 is 4.74 Å². The molecular formula is C25H21BrN2O3S. The van der Waals surface area contributed by atoms with Crippen molar-refractivity contribution in [1.82, 2.24) is 4.90 Å². The highest BCUT2D eigenvalue weighted by molar-refractivity contribution is 9.10. The van der Waals surface area contributed by atoms with E-state index >= 15 is 0 Å². The molecule has 32 heavy (non-hydrogen) atoms. The first-order valence-corrected chi connectivity index (χ1v) is 11.6. The van der Waals surface area contributed by atoms with Gasteiger partial charge >= 0.3 is 0 Å². The van der Waals surface area contributed by atoms with Crippen LogP contribution >= 0.6 is 27.7 Å². The molecule has 3 aromatic carbocycles. The molecule has 7 heteroatoms. The van der Waals surface area contributed by atoms with Gasteiger partial charge in [0.2, 0.25) is 0 Å². The number of phenols is 1. The smallest absolute Gasteiger partial charge is 0.267 e. The van der Waals surface area contributed by atoms with E-state index in [9.17, 15) is 9.90 Å². The van der Waals surface area contributed by atoms with Gasteiger partial charge in [-0.1, -0.05) is 76.6 Å². The number of thioether (sulfide) groups is 1. The molecule has 0 aromatic heterocycles. The van der Waals surface area contributed by atoms with Crippen LogP contribution in [0.2, 0.25) is 0 Å². The van der Waals surface area contributed by atoms with Gasteiger partial charge in [-0.05, 0) is 41.1 Å². The lowest BCUT2D eigenvalue weighted by atomic mass is 10.1. The Morgan fingerprint density at radius 1 is 1.06 bits per heavy atom. The molecule has 4 rings (SSSR count). The summed E-state index contributed by atoms with van der Waals surface area (Å²) in [5.74, 6) is 0.172. The fraction of sp³-hybridized carbons (Fsp3) is 0.120. The quantitative estimate of drug-likeness (QED) is 0.425. The standard InChI is InChI=1S/C25H21BrN2O3S/c1-31-21-14-20(26)12-19(23(21)29)13-22-24(30)28(16-18-10-6-3-7-11-18)25(32-22)27-15-17-8-4-2-5-9-17/h2-14,29H,15-16H2,1H3. The number of rotatable bonds is 6. The molecule has 0 radical (unpaired) electrons. The van der Waals surface area contributed by atoms with Crippen LogP contribution in [-0.2, 0) is 17.9 Å². The highest BCUT2D eigenvalue weighted by Gasteiger charge is 2.33. The van der Waals surface area contributed by atoms with Crippen molar-refractivity contribution >= 4 is 44.8 Å². The summed E-state index contributed by atoms with van der Waals surface area (Å²) in [4.78, 5) is 20.2. The third kappa shape index (κ3) is 5.06. The second-order valence-electron chi connectivity index (χ2n) is 7.12. The number of hydrogen-bond donors (Lipinski definition) is 1. The van der Waals surface area contributed by atoms with E-state index in [0.717, 1.165) is 15.6 Å². The summed E-state index contributed by atoms with van der Waals surface area (Å²) in [5.41, 5.74) is 2.58. The van der Waals surface area contributed by atoms with E-state index in [0.29, 0.717) is 34.5 Å². The van der Waals surface area contributed by atoms with Crippen LogP contribution in [0, 0.1) is 0 Å². The molecule has 0 unspecified atom stereocenters. The zero-order chi connectivity index (χ0) is 22.5. The minimum Gasteiger partial charge on any atom is -0.504 e. The second kappa shape index (κ2) is 10.1. The lowest BCUT2D eigenvalue weighted by molar-refractivity contribution is -0.122. The van der Waals surface area contributed by atoms with Crippen molar-refractivity contribution in [3.63, 3.8) is 0 Å². The van der Waals surface area contributed by atoms with Crippen LogP contribution in [0.5, 0.6) is 11.5 Å². The molecule has 1 heterocycles. The third-order valence-electron chi connectivity index (χ3n) is 4.89. The molecule has 3 aromatic rings. The van der Waals surface area contributed by atoms with Gasteiger partial charge in [-0.2, -0.15) is 0 Å². The van der Waals surface area contributed by atoms with Crippen LogP contribution in [-0.4, -0.2) is 28.2 Å².